The van der Waals surface area contributed by atoms with Crippen molar-refractivity contribution in [3.05, 3.63) is 58.1 Å². The second-order valence-corrected chi connectivity index (χ2v) is 15.8. The van der Waals surface area contributed by atoms with Gasteiger partial charge in [0, 0.05) is 64.0 Å². The van der Waals surface area contributed by atoms with Crippen LogP contribution in [-0.4, -0.2) is 123 Å². The van der Waals surface area contributed by atoms with Gasteiger partial charge in [-0.2, -0.15) is 13.2 Å². The van der Waals surface area contributed by atoms with Crippen LogP contribution in [0.15, 0.2) is 36.4 Å². The predicted octanol–water partition coefficient (Wildman–Crippen LogP) is 5.18. The number of anilines is 2. The molecule has 14 nitrogen and oxygen atoms in total. The molecule has 304 valence electrons. The maximum atomic E-state index is 14.2. The molecule has 0 saturated carbocycles. The Balaban J connectivity index is 1.16. The van der Waals surface area contributed by atoms with Gasteiger partial charge < -0.3 is 40.7 Å². The summed E-state index contributed by atoms with van der Waals surface area (Å²) in [4.78, 5) is 71.7. The number of urea groups is 1. The van der Waals surface area contributed by atoms with Crippen LogP contribution in [0.2, 0.25) is 5.02 Å². The number of ether oxygens (including phenoxy) is 1. The van der Waals surface area contributed by atoms with E-state index in [1.165, 1.54) is 15.9 Å². The maximum Gasteiger partial charge on any atom is 0.418 e. The SMILES string of the molecule is CC1(C(=O)O)CCN(C2(C(=O)O)CCN(C(=O)[C@@H](Cc3cc(Cl)c(N)c(C(F)(F)F)c3)OC(=O)N3CCC(N4CCc5ccccc5NC4=O)CC3)CC2)CC1. The number of likely N-dealkylation sites (tertiary alicyclic amines) is 3. The second-order valence-electron chi connectivity index (χ2n) is 15.4. The molecule has 0 bridgehead atoms. The highest BCUT2D eigenvalue weighted by atomic mass is 35.5. The standard InChI is InChI=1S/C38H46ClF3N6O8/c1-36(32(50)51)9-18-47(19-10-36)37(33(52)53)11-16-45(17-12-37)31(49)29(22-23-20-26(38(40,41)42)30(43)27(39)21-23)56-35(55)46-13-7-25(8-14-46)48-15-6-24-4-2-3-5-28(24)44-34(48)54/h2-5,20-21,25,29H,6-19,22,43H2,1H3,(H,44,54)(H,50,51)(H,52,53)/t29-/m1/s1. The number of carboxylic acid groups (broad SMARTS) is 2. The van der Waals surface area contributed by atoms with Crippen LogP contribution in [0.25, 0.3) is 0 Å². The van der Waals surface area contributed by atoms with E-state index in [9.17, 15) is 47.4 Å². The lowest BCUT2D eigenvalue weighted by Gasteiger charge is -2.49. The molecule has 4 amide bonds. The molecule has 3 saturated heterocycles. The van der Waals surface area contributed by atoms with Gasteiger partial charge in [0.05, 0.1) is 21.7 Å². The number of carbonyl (C=O) groups is 5. The van der Waals surface area contributed by atoms with Crippen molar-refractivity contribution in [2.24, 2.45) is 5.41 Å². The summed E-state index contributed by atoms with van der Waals surface area (Å²) in [5, 5.41) is 22.6. The van der Waals surface area contributed by atoms with Crippen molar-refractivity contribution in [1.82, 2.24) is 19.6 Å². The van der Waals surface area contributed by atoms with Crippen LogP contribution in [-0.2, 0) is 38.1 Å². The molecule has 3 fully saturated rings. The van der Waals surface area contributed by atoms with Gasteiger partial charge in [0.15, 0.2) is 6.10 Å². The number of carbonyl (C=O) groups excluding carboxylic acids is 3. The first kappa shape index (κ1) is 40.9. The molecular formula is C38H46ClF3N6O8. The molecule has 4 aliphatic heterocycles. The molecule has 5 N–H and O–H groups in total. The Morgan fingerprint density at radius 2 is 1.59 bits per heavy atom. The van der Waals surface area contributed by atoms with Crippen molar-refractivity contribution >= 4 is 52.9 Å². The van der Waals surface area contributed by atoms with Crippen LogP contribution < -0.4 is 11.1 Å². The number of alkyl halides is 3. The molecule has 4 aliphatic rings. The molecule has 0 aliphatic carbocycles. The van der Waals surface area contributed by atoms with Gasteiger partial charge >= 0.3 is 30.2 Å². The van der Waals surface area contributed by atoms with Crippen LogP contribution >= 0.6 is 11.6 Å². The molecule has 0 radical (unpaired) electrons. The Kier molecular flexibility index (Phi) is 11.7. The summed E-state index contributed by atoms with van der Waals surface area (Å²) in [6.07, 6.45) is -5.81. The smallest absolute Gasteiger partial charge is 0.418 e. The molecular weight excluding hydrogens is 761 g/mol. The second kappa shape index (κ2) is 16.0. The number of amides is 4. The van der Waals surface area contributed by atoms with E-state index in [4.69, 9.17) is 22.1 Å². The third-order valence-corrected chi connectivity index (χ3v) is 12.3. The van der Waals surface area contributed by atoms with Crippen molar-refractivity contribution in [2.45, 2.75) is 82.2 Å². The monoisotopic (exact) mass is 806 g/mol. The van der Waals surface area contributed by atoms with E-state index in [1.807, 2.05) is 24.3 Å². The van der Waals surface area contributed by atoms with E-state index >= 15 is 0 Å². The van der Waals surface area contributed by atoms with E-state index in [-0.39, 0.29) is 87.6 Å². The lowest BCUT2D eigenvalue weighted by atomic mass is 9.77. The van der Waals surface area contributed by atoms with E-state index in [2.05, 4.69) is 5.32 Å². The van der Waals surface area contributed by atoms with Gasteiger partial charge in [-0.25, -0.2) is 9.59 Å². The summed E-state index contributed by atoms with van der Waals surface area (Å²) < 4.78 is 47.5. The van der Waals surface area contributed by atoms with E-state index in [0.29, 0.717) is 25.8 Å². The normalized spacial score (nSPS) is 21.0. The fourth-order valence-corrected chi connectivity index (χ4v) is 8.56. The zero-order chi connectivity index (χ0) is 40.6. The highest BCUT2D eigenvalue weighted by Crippen LogP contribution is 2.40. The fraction of sp³-hybridized carbons (Fsp3) is 0.553. The predicted molar refractivity (Wildman–Crippen MR) is 198 cm³/mol. The van der Waals surface area contributed by atoms with Crippen LogP contribution in [0.3, 0.4) is 0 Å². The van der Waals surface area contributed by atoms with Gasteiger partial charge in [-0.15, -0.1) is 0 Å². The van der Waals surface area contributed by atoms with Gasteiger partial charge in [0.1, 0.15) is 5.54 Å². The number of carboxylic acids is 2. The Morgan fingerprint density at radius 1 is 0.946 bits per heavy atom. The molecule has 18 heteroatoms. The third-order valence-electron chi connectivity index (χ3n) is 12.0. The van der Waals surface area contributed by atoms with Crippen molar-refractivity contribution in [3.8, 4) is 0 Å². The number of nitrogens with zero attached hydrogens (tertiary/aromatic N) is 4. The van der Waals surface area contributed by atoms with Gasteiger partial charge in [-0.1, -0.05) is 29.8 Å². The van der Waals surface area contributed by atoms with Crippen LogP contribution in [0.4, 0.5) is 34.1 Å². The Hall–Kier alpha value is -4.77. The van der Waals surface area contributed by atoms with Crippen molar-refractivity contribution in [3.63, 3.8) is 0 Å². The summed E-state index contributed by atoms with van der Waals surface area (Å²) in [7, 11) is 0. The van der Waals surface area contributed by atoms with Gasteiger partial charge in [-0.3, -0.25) is 19.3 Å². The first-order chi connectivity index (χ1) is 26.4. The van der Waals surface area contributed by atoms with Crippen LogP contribution in [0.1, 0.15) is 62.1 Å². The lowest BCUT2D eigenvalue weighted by Crippen LogP contribution is -2.63. The first-order valence-electron chi connectivity index (χ1n) is 18.7. The maximum absolute atomic E-state index is 14.2. The Labute approximate surface area is 326 Å². The summed E-state index contributed by atoms with van der Waals surface area (Å²) >= 11 is 6.10. The van der Waals surface area contributed by atoms with Crippen molar-refractivity contribution in [1.29, 1.82) is 0 Å². The molecule has 0 unspecified atom stereocenters. The molecule has 0 aromatic heterocycles. The molecule has 2 aromatic carbocycles. The molecule has 4 heterocycles. The number of benzene rings is 2. The van der Waals surface area contributed by atoms with Crippen molar-refractivity contribution in [2.75, 3.05) is 56.9 Å². The number of fused-ring (bicyclic) bond motifs is 1. The number of nitrogens with two attached hydrogens (primary N) is 1. The zero-order valence-corrected chi connectivity index (χ0v) is 31.7. The zero-order valence-electron chi connectivity index (χ0n) is 30.9. The highest BCUT2D eigenvalue weighted by Gasteiger charge is 2.51. The average Bonchev–Trinajstić information content (AvgIpc) is 3.33. The number of nitrogens with one attached hydrogen (secondary N) is 1. The lowest BCUT2D eigenvalue weighted by molar-refractivity contribution is -0.164. The number of aliphatic carboxylic acids is 2. The number of halogens is 4. The molecule has 0 spiro atoms. The Bertz CT molecular complexity index is 1860. The molecule has 56 heavy (non-hydrogen) atoms. The molecule has 1 atom stereocenters. The van der Waals surface area contributed by atoms with E-state index < -0.39 is 64.8 Å². The average molecular weight is 807 g/mol. The number of nitrogen functional groups attached to an aromatic ring is 1. The molecule has 6 rings (SSSR count). The number of rotatable bonds is 8. The number of piperidine rings is 3. The summed E-state index contributed by atoms with van der Waals surface area (Å²) in [6, 6.07) is 9.08. The fourth-order valence-electron chi connectivity index (χ4n) is 8.32. The first-order valence-corrected chi connectivity index (χ1v) is 19.1. The van der Waals surface area contributed by atoms with E-state index in [1.54, 1.807) is 16.7 Å². The topological polar surface area (TPSA) is 186 Å². The molecule has 2 aromatic rings. The quantitative estimate of drug-likeness (QED) is 0.259. The summed E-state index contributed by atoms with van der Waals surface area (Å²) in [5.41, 5.74) is 3.11. The van der Waals surface area contributed by atoms with Gasteiger partial charge in [0.2, 0.25) is 0 Å². The minimum Gasteiger partial charge on any atom is -0.481 e. The van der Waals surface area contributed by atoms with E-state index in [0.717, 1.165) is 17.3 Å². The summed E-state index contributed by atoms with van der Waals surface area (Å²) in [6.45, 7) is 2.83. The van der Waals surface area contributed by atoms with Crippen LogP contribution in [0, 0.1) is 5.41 Å². The van der Waals surface area contributed by atoms with Crippen molar-refractivity contribution < 1.29 is 52.1 Å². The largest absolute Gasteiger partial charge is 0.481 e. The van der Waals surface area contributed by atoms with Gasteiger partial charge in [-0.05, 0) is 81.2 Å². The highest BCUT2D eigenvalue weighted by molar-refractivity contribution is 6.33. The van der Waals surface area contributed by atoms with Crippen LogP contribution in [0.5, 0.6) is 0 Å². The number of para-hydroxylation sites is 1. The number of hydrogen-bond acceptors (Lipinski definition) is 8. The third kappa shape index (κ3) is 8.33. The van der Waals surface area contributed by atoms with Gasteiger partial charge in [0.25, 0.3) is 5.91 Å². The Morgan fingerprint density at radius 3 is 2.20 bits per heavy atom. The number of hydrogen-bond donors (Lipinski definition) is 4. The summed E-state index contributed by atoms with van der Waals surface area (Å²) in [5.74, 6) is -2.77. The minimum atomic E-state index is -4.86. The minimum absolute atomic E-state index is 0.00683.